The number of piperidine rings is 1. The Morgan fingerprint density at radius 3 is 2.29 bits per heavy atom. The molecule has 5 atom stereocenters. The van der Waals surface area contributed by atoms with Crippen molar-refractivity contribution in [1.29, 1.82) is 0 Å². The van der Waals surface area contributed by atoms with Crippen LogP contribution in [0, 0.1) is 11.3 Å². The van der Waals surface area contributed by atoms with Crippen LogP contribution in [-0.2, 0) is 48.2 Å². The predicted octanol–water partition coefficient (Wildman–Crippen LogP) is 4.65. The molecule has 2 saturated heterocycles. The van der Waals surface area contributed by atoms with E-state index in [1.165, 1.54) is 5.56 Å². The smallest absolute Gasteiger partial charge is 0.262 e. The van der Waals surface area contributed by atoms with Crippen LogP contribution in [0.25, 0.3) is 0 Å². The topological polar surface area (TPSA) is 216 Å². The lowest BCUT2D eigenvalue weighted by Gasteiger charge is -2.41. The van der Waals surface area contributed by atoms with Gasteiger partial charge in [0, 0.05) is 44.7 Å². The van der Waals surface area contributed by atoms with Gasteiger partial charge in [0.25, 0.3) is 11.8 Å². The van der Waals surface area contributed by atoms with Crippen LogP contribution in [0.4, 0.5) is 5.69 Å². The molecule has 5 N–H and O–H groups in total. The maximum absolute atomic E-state index is 14.7. The average molecular weight is 987 g/mol. The van der Waals surface area contributed by atoms with Crippen molar-refractivity contribution < 1.29 is 43.1 Å². The second-order valence-corrected chi connectivity index (χ2v) is 21.1. The first-order valence-corrected chi connectivity index (χ1v) is 25.8. The number of benzene rings is 3. The van der Waals surface area contributed by atoms with Gasteiger partial charge in [-0.25, -0.2) is 0 Å². The van der Waals surface area contributed by atoms with Gasteiger partial charge in [0.15, 0.2) is 0 Å². The molecule has 0 radical (unpaired) electrons. The average Bonchev–Trinajstić information content (AvgIpc) is 3.59. The minimum absolute atomic E-state index is 0.00904. The van der Waals surface area contributed by atoms with Crippen molar-refractivity contribution in [3.63, 3.8) is 0 Å². The molecule has 0 spiro atoms. The molecule has 72 heavy (non-hydrogen) atoms. The zero-order chi connectivity index (χ0) is 51.3. The van der Waals surface area contributed by atoms with E-state index in [2.05, 4.69) is 38.7 Å². The van der Waals surface area contributed by atoms with Crippen LogP contribution in [0.2, 0.25) is 0 Å². The SMILES string of the molecule is CN[C@@H](C)C(=O)N[C@H](C(=O)N1Cc2cc(OCCCCCCCCNC(=O)C3CN(c4ccc5c(c4)C(=O)N(C4CCC(=O)NC4=O)C5=O)C3)ccc2C[C@H]1C(=O)N[C@@H]1CCCc2ccccc21)C(C)(C)C. The predicted molar refractivity (Wildman–Crippen MR) is 270 cm³/mol. The second-order valence-electron chi connectivity index (χ2n) is 21.1. The number of carbonyl (C=O) groups is 8. The standard InChI is InChI=1S/C55H70N8O9/c1-33(56-5)48(65)60-47(55(2,3)4)54(71)62-32-36-27-39(21-19-35(36)28-45(62)51(68)58-43-18-14-16-34-15-10-11-17-40(34)43)72-26-13-9-7-6-8-12-25-57-49(66)37-30-61(31-37)38-20-22-41-42(29-38)53(70)63(52(41)69)44-23-24-46(64)59-50(44)67/h10-11,15,17,19-22,27,29,33,37,43-45,47,56H,6-9,12-14,16,18,23-26,28,30-32H2,1-5H3,(H,57,66)(H,58,68)(H,60,65)(H,59,64,67)/t33-,43+,44?,45-,47+/m0/s1. The fourth-order valence-corrected chi connectivity index (χ4v) is 10.5. The number of nitrogens with one attached hydrogen (secondary N) is 5. The Balaban J connectivity index is 0.764. The Bertz CT molecular complexity index is 2590. The molecule has 0 saturated carbocycles. The monoisotopic (exact) mass is 987 g/mol. The fourth-order valence-electron chi connectivity index (χ4n) is 10.5. The van der Waals surface area contributed by atoms with Gasteiger partial charge in [-0.1, -0.05) is 76.8 Å². The molecule has 2 fully saturated rings. The van der Waals surface area contributed by atoms with E-state index in [9.17, 15) is 38.4 Å². The van der Waals surface area contributed by atoms with Gasteiger partial charge in [0.1, 0.15) is 23.9 Å². The zero-order valence-electron chi connectivity index (χ0n) is 42.3. The highest BCUT2D eigenvalue weighted by Crippen LogP contribution is 2.35. The molecule has 3 aromatic carbocycles. The summed E-state index contributed by atoms with van der Waals surface area (Å²) in [6, 6.07) is 15.8. The van der Waals surface area contributed by atoms with Gasteiger partial charge in [-0.2, -0.15) is 0 Å². The number of anilines is 1. The van der Waals surface area contributed by atoms with Gasteiger partial charge < -0.3 is 35.8 Å². The summed E-state index contributed by atoms with van der Waals surface area (Å²) in [5, 5.41) is 14.5. The number of imide groups is 2. The van der Waals surface area contributed by atoms with E-state index < -0.39 is 53.2 Å². The molecule has 0 bridgehead atoms. The highest BCUT2D eigenvalue weighted by Gasteiger charge is 2.46. The molecule has 384 valence electrons. The van der Waals surface area contributed by atoms with Crippen molar-refractivity contribution >= 4 is 52.9 Å². The number of rotatable bonds is 19. The number of aryl methyl sites for hydroxylation is 1. The van der Waals surface area contributed by atoms with Gasteiger partial charge in [-0.15, -0.1) is 0 Å². The Hall–Kier alpha value is -6.62. The van der Waals surface area contributed by atoms with Gasteiger partial charge in [-0.05, 0) is 110 Å². The maximum Gasteiger partial charge on any atom is 0.262 e. The van der Waals surface area contributed by atoms with Crippen LogP contribution in [-0.4, -0.2) is 115 Å². The van der Waals surface area contributed by atoms with Crippen molar-refractivity contribution in [2.45, 2.75) is 141 Å². The molecular formula is C55H70N8O9. The van der Waals surface area contributed by atoms with Crippen LogP contribution in [0.15, 0.2) is 60.7 Å². The van der Waals surface area contributed by atoms with E-state index >= 15 is 0 Å². The third-order valence-corrected chi connectivity index (χ3v) is 15.0. The van der Waals surface area contributed by atoms with Gasteiger partial charge in [0.05, 0.1) is 35.7 Å². The van der Waals surface area contributed by atoms with E-state index in [4.69, 9.17) is 4.74 Å². The molecule has 1 aliphatic carbocycles. The Morgan fingerprint density at radius 2 is 1.54 bits per heavy atom. The van der Waals surface area contributed by atoms with Gasteiger partial charge >= 0.3 is 0 Å². The summed E-state index contributed by atoms with van der Waals surface area (Å²) < 4.78 is 6.23. The number of ether oxygens (including phenoxy) is 1. The zero-order valence-corrected chi connectivity index (χ0v) is 42.3. The highest BCUT2D eigenvalue weighted by molar-refractivity contribution is 6.23. The summed E-state index contributed by atoms with van der Waals surface area (Å²) in [6.07, 6.45) is 9.01. The van der Waals surface area contributed by atoms with E-state index in [1.807, 2.05) is 56.0 Å². The van der Waals surface area contributed by atoms with Crippen LogP contribution in [0.3, 0.4) is 0 Å². The van der Waals surface area contributed by atoms with Gasteiger partial charge in [0.2, 0.25) is 35.4 Å². The number of nitrogens with zero attached hydrogens (tertiary/aromatic N) is 3. The minimum atomic E-state index is -1.02. The van der Waals surface area contributed by atoms with Crippen molar-refractivity contribution in [2.24, 2.45) is 11.3 Å². The van der Waals surface area contributed by atoms with Crippen LogP contribution >= 0.6 is 0 Å². The summed E-state index contributed by atoms with van der Waals surface area (Å²) in [6.45, 7) is 9.80. The first kappa shape index (κ1) is 51.7. The number of amides is 8. The Labute approximate surface area is 421 Å². The maximum atomic E-state index is 14.7. The largest absolute Gasteiger partial charge is 0.494 e. The quantitative estimate of drug-likeness (QED) is 0.0824. The lowest BCUT2D eigenvalue weighted by Crippen LogP contribution is -2.62. The third-order valence-electron chi connectivity index (χ3n) is 15.0. The number of unbranched alkanes of at least 4 members (excludes halogenated alkanes) is 5. The van der Waals surface area contributed by atoms with E-state index in [-0.39, 0.29) is 66.1 Å². The number of fused-ring (bicyclic) bond motifs is 3. The molecule has 8 amide bonds. The number of hydrogen-bond donors (Lipinski definition) is 5. The van der Waals surface area contributed by atoms with E-state index in [1.54, 1.807) is 37.1 Å². The fraction of sp³-hybridized carbons (Fsp3) is 0.527. The Kier molecular flexibility index (Phi) is 16.1. The first-order valence-electron chi connectivity index (χ1n) is 25.8. The summed E-state index contributed by atoms with van der Waals surface area (Å²) in [4.78, 5) is 110. The molecule has 1 unspecified atom stereocenters. The van der Waals surface area contributed by atoms with Crippen molar-refractivity contribution in [3.05, 3.63) is 94.0 Å². The molecule has 5 aliphatic rings. The Morgan fingerprint density at radius 1 is 0.806 bits per heavy atom. The lowest BCUT2D eigenvalue weighted by molar-refractivity contribution is -0.147. The lowest BCUT2D eigenvalue weighted by atomic mass is 9.83. The van der Waals surface area contributed by atoms with E-state index in [0.717, 1.165) is 85.1 Å². The normalized spacial score (nSPS) is 20.6. The molecular weight excluding hydrogens is 917 g/mol. The third kappa shape index (κ3) is 11.5. The minimum Gasteiger partial charge on any atom is -0.494 e. The van der Waals surface area contributed by atoms with Crippen LogP contribution in [0.1, 0.15) is 141 Å². The first-order chi connectivity index (χ1) is 34.5. The molecule has 17 heteroatoms. The summed E-state index contributed by atoms with van der Waals surface area (Å²) in [5.74, 6) is -2.46. The summed E-state index contributed by atoms with van der Waals surface area (Å²) in [7, 11) is 1.70. The van der Waals surface area contributed by atoms with Crippen LogP contribution < -0.4 is 36.2 Å². The molecule has 0 aromatic heterocycles. The summed E-state index contributed by atoms with van der Waals surface area (Å²) in [5.41, 5.74) is 4.78. The van der Waals surface area contributed by atoms with Gasteiger partial charge in [-0.3, -0.25) is 48.6 Å². The van der Waals surface area contributed by atoms with Crippen LogP contribution in [0.5, 0.6) is 5.75 Å². The number of hydrogen-bond acceptors (Lipinski definition) is 11. The number of carbonyl (C=O) groups excluding carboxylic acids is 8. The van der Waals surface area contributed by atoms with Crippen molar-refractivity contribution in [1.82, 2.24) is 36.4 Å². The highest BCUT2D eigenvalue weighted by atomic mass is 16.5. The van der Waals surface area contributed by atoms with Crippen molar-refractivity contribution in [3.8, 4) is 5.75 Å². The van der Waals surface area contributed by atoms with E-state index in [0.29, 0.717) is 38.4 Å². The molecule has 3 aromatic rings. The number of likely N-dealkylation sites (N-methyl/N-ethyl adjacent to an activating group) is 1. The van der Waals surface area contributed by atoms with Crippen molar-refractivity contribution in [2.75, 3.05) is 38.2 Å². The molecule has 8 rings (SSSR count). The molecule has 4 aliphatic heterocycles. The second kappa shape index (κ2) is 22.4. The molecule has 4 heterocycles. The summed E-state index contributed by atoms with van der Waals surface area (Å²) >= 11 is 0. The molecule has 17 nitrogen and oxygen atoms in total.